The molecule has 0 saturated heterocycles. The van der Waals surface area contributed by atoms with E-state index in [2.05, 4.69) is 16.4 Å². The minimum atomic E-state index is -0.691. The van der Waals surface area contributed by atoms with Gasteiger partial charge in [0.15, 0.2) is 16.7 Å². The number of anilines is 1. The van der Waals surface area contributed by atoms with Gasteiger partial charge in [-0.2, -0.15) is 5.26 Å². The SMILES string of the molecule is COc1cc([C@@H]2C(C(=O)Nc3ccccc3)=C(C)N=C3SC(C#N)=C(N)N32)cc(OC)c1OC. The fraction of sp³-hybridized carbons (Fsp3) is 0.208. The van der Waals surface area contributed by atoms with Gasteiger partial charge in [-0.05, 0) is 48.5 Å². The molecule has 0 aliphatic carbocycles. The van der Waals surface area contributed by atoms with Crippen molar-refractivity contribution in [1.29, 1.82) is 5.26 Å². The van der Waals surface area contributed by atoms with E-state index in [1.807, 2.05) is 18.2 Å². The number of aliphatic imine (C=N–C) groups is 1. The number of thioether (sulfide) groups is 1. The van der Waals surface area contributed by atoms with Crippen LogP contribution in [0.5, 0.6) is 17.2 Å². The van der Waals surface area contributed by atoms with Gasteiger partial charge >= 0.3 is 0 Å². The molecule has 174 valence electrons. The van der Waals surface area contributed by atoms with Crippen LogP contribution in [-0.2, 0) is 4.79 Å². The van der Waals surface area contributed by atoms with Gasteiger partial charge in [-0.15, -0.1) is 0 Å². The summed E-state index contributed by atoms with van der Waals surface area (Å²) in [6.45, 7) is 1.76. The van der Waals surface area contributed by atoms with Gasteiger partial charge in [0, 0.05) is 5.69 Å². The van der Waals surface area contributed by atoms with Crippen molar-refractivity contribution in [1.82, 2.24) is 4.90 Å². The van der Waals surface area contributed by atoms with Crippen molar-refractivity contribution in [3.8, 4) is 23.3 Å². The summed E-state index contributed by atoms with van der Waals surface area (Å²) >= 11 is 1.17. The predicted octanol–water partition coefficient (Wildman–Crippen LogP) is 3.74. The van der Waals surface area contributed by atoms with E-state index in [4.69, 9.17) is 19.9 Å². The van der Waals surface area contributed by atoms with E-state index in [0.29, 0.717) is 49.8 Å². The van der Waals surface area contributed by atoms with Gasteiger partial charge in [0.1, 0.15) is 16.8 Å². The molecule has 1 atom stereocenters. The predicted molar refractivity (Wildman–Crippen MR) is 130 cm³/mol. The average Bonchev–Trinajstić information content (AvgIpc) is 3.17. The number of nitrogens with one attached hydrogen (secondary N) is 1. The Balaban J connectivity index is 1.90. The number of benzene rings is 2. The van der Waals surface area contributed by atoms with Crippen LogP contribution in [0.4, 0.5) is 5.69 Å². The minimum absolute atomic E-state index is 0.225. The molecule has 3 N–H and O–H groups in total. The first kappa shape index (κ1) is 23.1. The highest BCUT2D eigenvalue weighted by atomic mass is 32.2. The van der Waals surface area contributed by atoms with Gasteiger partial charge in [0.05, 0.1) is 38.6 Å². The fourth-order valence-electron chi connectivity index (χ4n) is 3.93. The summed E-state index contributed by atoms with van der Waals surface area (Å²) in [7, 11) is 4.56. The first-order valence-electron chi connectivity index (χ1n) is 10.3. The van der Waals surface area contributed by atoms with Crippen molar-refractivity contribution in [2.75, 3.05) is 26.6 Å². The zero-order chi connectivity index (χ0) is 24.4. The molecule has 2 aromatic carbocycles. The molecule has 2 aliphatic heterocycles. The lowest BCUT2D eigenvalue weighted by atomic mass is 9.93. The molecule has 34 heavy (non-hydrogen) atoms. The molecular formula is C24H23N5O4S. The lowest BCUT2D eigenvalue weighted by Gasteiger charge is -2.35. The van der Waals surface area contributed by atoms with Crippen molar-refractivity contribution in [2.24, 2.45) is 10.7 Å². The lowest BCUT2D eigenvalue weighted by molar-refractivity contribution is -0.113. The number of nitriles is 1. The summed E-state index contributed by atoms with van der Waals surface area (Å²) in [4.78, 5) is 20.2. The first-order chi connectivity index (χ1) is 16.4. The maximum absolute atomic E-state index is 13.6. The number of nitrogens with zero attached hydrogens (tertiary/aromatic N) is 3. The van der Waals surface area contributed by atoms with Crippen molar-refractivity contribution in [3.63, 3.8) is 0 Å². The second-order valence-corrected chi connectivity index (χ2v) is 8.35. The van der Waals surface area contributed by atoms with Crippen LogP contribution < -0.4 is 25.3 Å². The van der Waals surface area contributed by atoms with Crippen molar-refractivity contribution >= 4 is 28.5 Å². The van der Waals surface area contributed by atoms with E-state index in [1.165, 1.54) is 33.1 Å². The number of nitrogens with two attached hydrogens (primary N) is 1. The Labute approximate surface area is 201 Å². The van der Waals surface area contributed by atoms with Crippen LogP contribution in [0.25, 0.3) is 0 Å². The van der Waals surface area contributed by atoms with E-state index in [-0.39, 0.29) is 11.7 Å². The van der Waals surface area contributed by atoms with Gasteiger partial charge < -0.3 is 25.3 Å². The van der Waals surface area contributed by atoms with E-state index in [0.717, 1.165) is 0 Å². The third-order valence-corrected chi connectivity index (χ3v) is 6.43. The summed E-state index contributed by atoms with van der Waals surface area (Å²) in [6.07, 6.45) is 0. The molecule has 0 saturated carbocycles. The standard InChI is InChI=1S/C24H23N5O4S/c1-13-19(23(30)28-15-8-6-5-7-9-15)20(29-22(26)18(12-25)34-24(29)27-13)14-10-16(31-2)21(33-4)17(11-14)32-3/h5-11,20H,26H2,1-4H3,(H,28,30)/t20-/m1/s1. The fourth-order valence-corrected chi connectivity index (χ4v) is 4.84. The highest BCUT2D eigenvalue weighted by molar-refractivity contribution is 8.17. The van der Waals surface area contributed by atoms with E-state index in [1.54, 1.807) is 36.1 Å². The summed E-state index contributed by atoms with van der Waals surface area (Å²) in [5, 5.41) is 13.0. The number of amidine groups is 1. The Morgan fingerprint density at radius 1 is 1.15 bits per heavy atom. The number of methoxy groups -OCH3 is 3. The zero-order valence-corrected chi connectivity index (χ0v) is 19.9. The van der Waals surface area contributed by atoms with Crippen LogP contribution in [0.3, 0.4) is 0 Å². The molecule has 0 fully saturated rings. The first-order valence-corrected chi connectivity index (χ1v) is 11.1. The summed E-state index contributed by atoms with van der Waals surface area (Å²) < 4.78 is 16.5. The number of rotatable bonds is 6. The van der Waals surface area contributed by atoms with Gasteiger partial charge in [-0.3, -0.25) is 9.69 Å². The molecule has 1 amide bonds. The Kier molecular flexibility index (Phi) is 6.38. The molecule has 10 heteroatoms. The maximum Gasteiger partial charge on any atom is 0.255 e. The lowest BCUT2D eigenvalue weighted by Crippen LogP contribution is -2.39. The number of allylic oxidation sites excluding steroid dienone is 2. The summed E-state index contributed by atoms with van der Waals surface area (Å²) in [6, 6.07) is 14.1. The van der Waals surface area contributed by atoms with Gasteiger partial charge in [0.25, 0.3) is 5.91 Å². The number of hydrogen-bond acceptors (Lipinski definition) is 9. The number of ether oxygens (including phenoxy) is 3. The Hall–Kier alpha value is -4.10. The van der Waals surface area contributed by atoms with Gasteiger partial charge in [-0.25, -0.2) is 4.99 Å². The summed E-state index contributed by atoms with van der Waals surface area (Å²) in [5.41, 5.74) is 8.56. The number of fused-ring (bicyclic) bond motifs is 1. The summed E-state index contributed by atoms with van der Waals surface area (Å²) in [5.74, 6) is 1.16. The molecule has 0 spiro atoms. The molecule has 0 bridgehead atoms. The third-order valence-electron chi connectivity index (χ3n) is 5.46. The Bertz CT molecular complexity index is 1260. The molecule has 4 rings (SSSR count). The smallest absolute Gasteiger partial charge is 0.255 e. The minimum Gasteiger partial charge on any atom is -0.493 e. The normalized spacial score (nSPS) is 17.1. The van der Waals surface area contributed by atoms with Crippen LogP contribution in [0.1, 0.15) is 18.5 Å². The van der Waals surface area contributed by atoms with Crippen molar-refractivity contribution in [3.05, 3.63) is 70.0 Å². The molecule has 0 radical (unpaired) electrons. The number of para-hydroxylation sites is 1. The van der Waals surface area contributed by atoms with Crippen LogP contribution in [-0.4, -0.2) is 37.3 Å². The average molecular weight is 478 g/mol. The van der Waals surface area contributed by atoms with E-state index < -0.39 is 6.04 Å². The maximum atomic E-state index is 13.6. The van der Waals surface area contributed by atoms with Gasteiger partial charge in [0.2, 0.25) is 5.75 Å². The monoisotopic (exact) mass is 477 g/mol. The van der Waals surface area contributed by atoms with Gasteiger partial charge in [-0.1, -0.05) is 18.2 Å². The number of hydrogen-bond donors (Lipinski definition) is 2. The van der Waals surface area contributed by atoms with Crippen molar-refractivity contribution in [2.45, 2.75) is 13.0 Å². The number of carbonyl (C=O) groups excluding carboxylic acids is 1. The second kappa shape index (κ2) is 9.41. The molecule has 9 nitrogen and oxygen atoms in total. The Morgan fingerprint density at radius 3 is 2.35 bits per heavy atom. The molecule has 2 aliphatic rings. The molecule has 0 unspecified atom stereocenters. The number of amides is 1. The second-order valence-electron chi connectivity index (χ2n) is 7.37. The highest BCUT2D eigenvalue weighted by Crippen LogP contribution is 2.48. The molecule has 2 heterocycles. The Morgan fingerprint density at radius 2 is 1.79 bits per heavy atom. The largest absolute Gasteiger partial charge is 0.493 e. The van der Waals surface area contributed by atoms with E-state index in [9.17, 15) is 10.1 Å². The van der Waals surface area contributed by atoms with E-state index >= 15 is 0 Å². The molecule has 2 aromatic rings. The van der Waals surface area contributed by atoms with Crippen LogP contribution >= 0.6 is 11.8 Å². The zero-order valence-electron chi connectivity index (χ0n) is 19.1. The third kappa shape index (κ3) is 3.91. The van der Waals surface area contributed by atoms with Crippen LogP contribution in [0.15, 0.2) is 69.5 Å². The molecule has 0 aromatic heterocycles. The number of carbonyl (C=O) groups is 1. The molecular weight excluding hydrogens is 454 g/mol. The van der Waals surface area contributed by atoms with Crippen LogP contribution in [0, 0.1) is 11.3 Å². The van der Waals surface area contributed by atoms with Crippen LogP contribution in [0.2, 0.25) is 0 Å². The topological polar surface area (TPSA) is 122 Å². The quantitative estimate of drug-likeness (QED) is 0.645. The highest BCUT2D eigenvalue weighted by Gasteiger charge is 2.42. The van der Waals surface area contributed by atoms with Crippen molar-refractivity contribution < 1.29 is 19.0 Å².